The molecule has 4 heterocycles. The minimum Gasteiger partial charge on any atom is -0.379 e. The Morgan fingerprint density at radius 1 is 1.19 bits per heavy atom. The van der Waals surface area contributed by atoms with Crippen LogP contribution in [0.4, 0.5) is 27.6 Å². The predicted octanol–water partition coefficient (Wildman–Crippen LogP) is 4.45. The van der Waals surface area contributed by atoms with Crippen molar-refractivity contribution in [2.45, 2.75) is 63.9 Å². The molecule has 0 aliphatic carbocycles. The molecule has 0 bridgehead atoms. The number of carbonyl (C=O) groups excluding carboxylic acids is 1. The van der Waals surface area contributed by atoms with E-state index in [-0.39, 0.29) is 5.91 Å². The van der Waals surface area contributed by atoms with Gasteiger partial charge < -0.3 is 5.11 Å². The molecule has 192 valence electrons. The standard InChI is InChI=1S/C24H24F5N5O2/c1-13-7-16(23(4)6-5-14(8-30-12-23)20(35)24(27,28)29)32-19-18(13)21(36)34(22(19,2)3)15-9-31-33(10-15)11-17(25)26/h5-10,12,17,20,35H,11H2,1-4H3/t20-,23?/m1/s1. The second kappa shape index (κ2) is 8.61. The van der Waals surface area contributed by atoms with Gasteiger partial charge in [-0.2, -0.15) is 18.3 Å². The molecule has 1 amide bonds. The lowest BCUT2D eigenvalue weighted by Gasteiger charge is -2.31. The second-order valence-electron chi connectivity index (χ2n) is 9.53. The number of nitrogens with zero attached hydrogens (tertiary/aromatic N) is 5. The maximum absolute atomic E-state index is 13.4. The molecule has 2 aliphatic rings. The highest BCUT2D eigenvalue weighted by molar-refractivity contribution is 6.12. The number of aryl methyl sites for hydroxylation is 1. The van der Waals surface area contributed by atoms with Crippen molar-refractivity contribution >= 4 is 17.8 Å². The molecule has 0 fully saturated rings. The van der Waals surface area contributed by atoms with Crippen LogP contribution in [0.1, 0.15) is 48.1 Å². The topological polar surface area (TPSA) is 83.6 Å². The Morgan fingerprint density at radius 3 is 2.53 bits per heavy atom. The molecule has 0 aromatic carbocycles. The summed E-state index contributed by atoms with van der Waals surface area (Å²) in [4.78, 5) is 23.6. The Balaban J connectivity index is 1.73. The van der Waals surface area contributed by atoms with Gasteiger partial charge in [-0.3, -0.25) is 24.4 Å². The highest BCUT2D eigenvalue weighted by atomic mass is 19.4. The van der Waals surface area contributed by atoms with Crippen LogP contribution in [0.5, 0.6) is 0 Å². The Kier molecular flexibility index (Phi) is 6.14. The van der Waals surface area contributed by atoms with Gasteiger partial charge in [-0.25, -0.2) is 8.78 Å². The molecule has 0 saturated heterocycles. The molecule has 2 atom stereocenters. The van der Waals surface area contributed by atoms with E-state index in [2.05, 4.69) is 10.1 Å². The van der Waals surface area contributed by atoms with Gasteiger partial charge in [-0.05, 0) is 39.3 Å². The second-order valence-corrected chi connectivity index (χ2v) is 9.53. The Labute approximate surface area is 203 Å². The van der Waals surface area contributed by atoms with Gasteiger partial charge in [0, 0.05) is 24.2 Å². The number of anilines is 1. The summed E-state index contributed by atoms with van der Waals surface area (Å²) in [5, 5.41) is 13.5. The average molecular weight is 509 g/mol. The SMILES string of the molecule is Cc1cc(C2(C)C=CC([C@@H](O)C(F)(F)F)=CN=C2)nc2c1C(=O)N(c1cnn(CC(F)F)c1)C2(C)C. The molecule has 2 aromatic heterocycles. The molecule has 2 aromatic rings. The number of aliphatic hydroxyl groups is 1. The van der Waals surface area contributed by atoms with Crippen molar-refractivity contribution in [1.29, 1.82) is 0 Å². The van der Waals surface area contributed by atoms with E-state index in [1.807, 2.05) is 0 Å². The Hall–Kier alpha value is -3.41. The molecule has 1 N–H and O–H groups in total. The van der Waals surface area contributed by atoms with E-state index in [1.54, 1.807) is 33.8 Å². The number of aliphatic imine (C=N–C) groups is 1. The van der Waals surface area contributed by atoms with Crippen LogP contribution < -0.4 is 4.90 Å². The molecular formula is C24H24F5N5O2. The zero-order chi connectivity index (χ0) is 26.6. The first-order valence-electron chi connectivity index (χ1n) is 11.0. The third-order valence-electron chi connectivity index (χ3n) is 6.34. The molecule has 2 aliphatic heterocycles. The van der Waals surface area contributed by atoms with Gasteiger partial charge in [-0.15, -0.1) is 0 Å². The predicted molar refractivity (Wildman–Crippen MR) is 122 cm³/mol. The van der Waals surface area contributed by atoms with Crippen LogP contribution >= 0.6 is 0 Å². The number of fused-ring (bicyclic) bond motifs is 1. The lowest BCUT2D eigenvalue weighted by molar-refractivity contribution is -0.190. The maximum atomic E-state index is 13.4. The number of aliphatic hydroxyl groups excluding tert-OH is 1. The summed E-state index contributed by atoms with van der Waals surface area (Å²) in [5.74, 6) is -0.365. The van der Waals surface area contributed by atoms with E-state index >= 15 is 0 Å². The van der Waals surface area contributed by atoms with Crippen molar-refractivity contribution in [3.8, 4) is 0 Å². The number of aromatic nitrogens is 3. The molecule has 7 nitrogen and oxygen atoms in total. The van der Waals surface area contributed by atoms with Crippen molar-refractivity contribution in [3.05, 3.63) is 64.9 Å². The van der Waals surface area contributed by atoms with Gasteiger partial charge in [0.2, 0.25) is 0 Å². The molecular weight excluding hydrogens is 485 g/mol. The summed E-state index contributed by atoms with van der Waals surface area (Å²) >= 11 is 0. The van der Waals surface area contributed by atoms with Gasteiger partial charge in [0.25, 0.3) is 12.3 Å². The summed E-state index contributed by atoms with van der Waals surface area (Å²) < 4.78 is 65.5. The smallest absolute Gasteiger partial charge is 0.379 e. The highest BCUT2D eigenvalue weighted by Crippen LogP contribution is 2.43. The number of halogens is 5. The summed E-state index contributed by atoms with van der Waals surface area (Å²) in [7, 11) is 0. The average Bonchev–Trinajstić information content (AvgIpc) is 3.19. The van der Waals surface area contributed by atoms with Crippen LogP contribution in [-0.4, -0.2) is 50.7 Å². The van der Waals surface area contributed by atoms with Crippen LogP contribution in [-0.2, 0) is 17.5 Å². The number of allylic oxidation sites excluding steroid dienone is 1. The highest BCUT2D eigenvalue weighted by Gasteiger charge is 2.48. The first-order chi connectivity index (χ1) is 16.6. The van der Waals surface area contributed by atoms with Crippen molar-refractivity contribution in [2.24, 2.45) is 4.99 Å². The molecule has 36 heavy (non-hydrogen) atoms. The molecule has 0 spiro atoms. The summed E-state index contributed by atoms with van der Waals surface area (Å²) in [6.45, 7) is 6.33. The van der Waals surface area contributed by atoms with Gasteiger partial charge in [0.05, 0.1) is 39.8 Å². The number of hydrogen-bond acceptors (Lipinski definition) is 5. The Bertz CT molecular complexity index is 1290. The summed E-state index contributed by atoms with van der Waals surface area (Å²) in [5.41, 5.74) is -0.293. The first kappa shape index (κ1) is 25.7. The third kappa shape index (κ3) is 4.34. The number of hydrogen-bond donors (Lipinski definition) is 1. The van der Waals surface area contributed by atoms with Gasteiger partial charge >= 0.3 is 6.18 Å². The normalized spacial score (nSPS) is 22.1. The fourth-order valence-electron chi connectivity index (χ4n) is 4.42. The monoisotopic (exact) mass is 509 g/mol. The number of rotatable bonds is 5. The lowest BCUT2D eigenvalue weighted by Crippen LogP contribution is -2.39. The van der Waals surface area contributed by atoms with Crippen molar-refractivity contribution in [1.82, 2.24) is 14.8 Å². The van der Waals surface area contributed by atoms with Crippen molar-refractivity contribution < 1.29 is 31.9 Å². The first-order valence-corrected chi connectivity index (χ1v) is 11.0. The minimum atomic E-state index is -4.84. The van der Waals surface area contributed by atoms with Crippen LogP contribution in [0.3, 0.4) is 0 Å². The van der Waals surface area contributed by atoms with Crippen LogP contribution in [0.15, 0.2) is 47.4 Å². The van der Waals surface area contributed by atoms with E-state index in [1.165, 1.54) is 29.6 Å². The fraction of sp³-hybridized carbons (Fsp3) is 0.417. The number of carbonyl (C=O) groups is 1. The van der Waals surface area contributed by atoms with Crippen molar-refractivity contribution in [3.63, 3.8) is 0 Å². The molecule has 4 rings (SSSR count). The quantitative estimate of drug-likeness (QED) is 0.604. The van der Waals surface area contributed by atoms with E-state index in [0.717, 1.165) is 17.0 Å². The Morgan fingerprint density at radius 2 is 1.89 bits per heavy atom. The van der Waals surface area contributed by atoms with Gasteiger partial charge in [0.1, 0.15) is 6.54 Å². The molecule has 0 radical (unpaired) electrons. The fourth-order valence-corrected chi connectivity index (χ4v) is 4.42. The molecule has 0 saturated carbocycles. The van der Waals surface area contributed by atoms with Crippen LogP contribution in [0.25, 0.3) is 0 Å². The number of amides is 1. The van der Waals surface area contributed by atoms with Crippen LogP contribution in [0, 0.1) is 6.92 Å². The summed E-state index contributed by atoms with van der Waals surface area (Å²) in [6, 6.07) is 1.66. The van der Waals surface area contributed by atoms with Crippen LogP contribution in [0.2, 0.25) is 0 Å². The minimum absolute atomic E-state index is 0.335. The van der Waals surface area contributed by atoms with Gasteiger partial charge in [-0.1, -0.05) is 12.2 Å². The van der Waals surface area contributed by atoms with Gasteiger partial charge in [0.15, 0.2) is 6.10 Å². The third-order valence-corrected chi connectivity index (χ3v) is 6.34. The number of alkyl halides is 5. The maximum Gasteiger partial charge on any atom is 0.418 e. The summed E-state index contributed by atoms with van der Waals surface area (Å²) in [6.07, 6.45) is -2.42. The van der Waals surface area contributed by atoms with E-state index in [9.17, 15) is 31.9 Å². The largest absolute Gasteiger partial charge is 0.418 e. The molecule has 12 heteroatoms. The number of pyridine rings is 1. The lowest BCUT2D eigenvalue weighted by atomic mass is 9.84. The van der Waals surface area contributed by atoms with E-state index < -0.39 is 41.8 Å². The van der Waals surface area contributed by atoms with E-state index in [0.29, 0.717) is 28.2 Å². The zero-order valence-electron chi connectivity index (χ0n) is 19.9. The zero-order valence-corrected chi connectivity index (χ0v) is 19.9. The van der Waals surface area contributed by atoms with Crippen molar-refractivity contribution in [2.75, 3.05) is 4.90 Å². The molecule has 1 unspecified atom stereocenters. The van der Waals surface area contributed by atoms with E-state index in [4.69, 9.17) is 4.98 Å².